The second-order valence-electron chi connectivity index (χ2n) is 6.90. The van der Waals surface area contributed by atoms with Crippen molar-refractivity contribution < 1.29 is 31.5 Å². The minimum atomic E-state index is -3.89. The smallest absolute Gasteiger partial charge is 0.251 e. The van der Waals surface area contributed by atoms with Crippen molar-refractivity contribution in [3.8, 4) is 11.5 Å². The number of hydrogen-bond donors (Lipinski definition) is 2. The molecule has 0 aliphatic carbocycles. The van der Waals surface area contributed by atoms with E-state index in [9.17, 15) is 22.0 Å². The summed E-state index contributed by atoms with van der Waals surface area (Å²) < 4.78 is 64.4. The van der Waals surface area contributed by atoms with Crippen LogP contribution >= 0.6 is 0 Å². The zero-order valence-electron chi connectivity index (χ0n) is 17.0. The zero-order chi connectivity index (χ0) is 22.5. The van der Waals surface area contributed by atoms with Crippen LogP contribution in [0.2, 0.25) is 0 Å². The topological polar surface area (TPSA) is 93.7 Å². The van der Waals surface area contributed by atoms with Gasteiger partial charge >= 0.3 is 0 Å². The second-order valence-corrected chi connectivity index (χ2v) is 8.58. The molecular formula is C20H24F2N2O5S. The van der Waals surface area contributed by atoms with Crippen LogP contribution in [-0.2, 0) is 10.0 Å². The van der Waals surface area contributed by atoms with E-state index < -0.39 is 33.6 Å². The number of ether oxygens (including phenoxy) is 2. The lowest BCUT2D eigenvalue weighted by atomic mass is 10.2. The van der Waals surface area contributed by atoms with Crippen LogP contribution in [0.3, 0.4) is 0 Å². The third kappa shape index (κ3) is 6.14. The van der Waals surface area contributed by atoms with Crippen molar-refractivity contribution in [2.24, 2.45) is 0 Å². The van der Waals surface area contributed by atoms with E-state index in [-0.39, 0.29) is 34.6 Å². The number of carbonyl (C=O) groups is 1. The van der Waals surface area contributed by atoms with Crippen molar-refractivity contribution in [2.45, 2.75) is 37.8 Å². The summed E-state index contributed by atoms with van der Waals surface area (Å²) in [6.45, 7) is 4.89. The fourth-order valence-corrected chi connectivity index (χ4v) is 4.00. The molecular weight excluding hydrogens is 418 g/mol. The van der Waals surface area contributed by atoms with E-state index in [1.165, 1.54) is 25.3 Å². The minimum absolute atomic E-state index is 0.0789. The fraction of sp³-hybridized carbons (Fsp3) is 0.350. The highest BCUT2D eigenvalue weighted by Gasteiger charge is 2.23. The van der Waals surface area contributed by atoms with Gasteiger partial charge < -0.3 is 14.8 Å². The van der Waals surface area contributed by atoms with Crippen LogP contribution in [0.4, 0.5) is 8.78 Å². The van der Waals surface area contributed by atoms with Crippen molar-refractivity contribution >= 4 is 15.9 Å². The molecule has 0 heterocycles. The van der Waals surface area contributed by atoms with Gasteiger partial charge in [-0.25, -0.2) is 21.9 Å². The Morgan fingerprint density at radius 1 is 1.07 bits per heavy atom. The molecule has 164 valence electrons. The first kappa shape index (κ1) is 23.6. The van der Waals surface area contributed by atoms with Crippen LogP contribution in [0, 0.1) is 11.6 Å². The summed E-state index contributed by atoms with van der Waals surface area (Å²) >= 11 is 0. The molecule has 0 fully saturated rings. The number of rotatable bonds is 9. The molecule has 2 aromatic rings. The molecule has 2 N–H and O–H groups in total. The average Bonchev–Trinajstić information content (AvgIpc) is 2.65. The van der Waals surface area contributed by atoms with Crippen molar-refractivity contribution in [1.82, 2.24) is 10.0 Å². The van der Waals surface area contributed by atoms with Gasteiger partial charge in [0, 0.05) is 17.7 Å². The van der Waals surface area contributed by atoms with E-state index in [2.05, 4.69) is 10.0 Å². The molecule has 0 bridgehead atoms. The first-order valence-corrected chi connectivity index (χ1v) is 10.6. The Morgan fingerprint density at radius 3 is 2.33 bits per heavy atom. The fourth-order valence-electron chi connectivity index (χ4n) is 2.56. The first-order valence-electron chi connectivity index (χ1n) is 9.12. The van der Waals surface area contributed by atoms with Gasteiger partial charge in [0.1, 0.15) is 23.1 Å². The molecule has 1 amide bonds. The van der Waals surface area contributed by atoms with Crippen LogP contribution < -0.4 is 19.5 Å². The van der Waals surface area contributed by atoms with Crippen molar-refractivity contribution in [3.63, 3.8) is 0 Å². The Hall–Kier alpha value is -2.72. The van der Waals surface area contributed by atoms with E-state index >= 15 is 0 Å². The molecule has 1 unspecified atom stereocenters. The van der Waals surface area contributed by atoms with Gasteiger partial charge in [-0.15, -0.1) is 0 Å². The van der Waals surface area contributed by atoms with Gasteiger partial charge in [-0.2, -0.15) is 0 Å². The number of methoxy groups -OCH3 is 1. The zero-order valence-corrected chi connectivity index (χ0v) is 17.8. The van der Waals surface area contributed by atoms with Crippen molar-refractivity contribution in [3.05, 3.63) is 53.6 Å². The SMILES string of the molecule is COc1ccc(C(=O)NC(C)COc2ccc(F)cc2F)cc1S(=O)(=O)NC(C)C. The van der Waals surface area contributed by atoms with Crippen LogP contribution in [-0.4, -0.2) is 40.1 Å². The van der Waals surface area contributed by atoms with E-state index in [1.54, 1.807) is 20.8 Å². The van der Waals surface area contributed by atoms with E-state index in [1.807, 2.05) is 0 Å². The van der Waals surface area contributed by atoms with E-state index in [0.717, 1.165) is 12.1 Å². The summed E-state index contributed by atoms with van der Waals surface area (Å²) in [6, 6.07) is 6.05. The van der Waals surface area contributed by atoms with Gasteiger partial charge in [0.2, 0.25) is 10.0 Å². The molecule has 30 heavy (non-hydrogen) atoms. The van der Waals surface area contributed by atoms with Crippen LogP contribution in [0.5, 0.6) is 11.5 Å². The summed E-state index contributed by atoms with van der Waals surface area (Å²) in [5, 5.41) is 2.64. The number of nitrogens with one attached hydrogen (secondary N) is 2. The number of hydrogen-bond acceptors (Lipinski definition) is 5. The lowest BCUT2D eigenvalue weighted by Gasteiger charge is -2.17. The maximum atomic E-state index is 13.6. The van der Waals surface area contributed by atoms with Crippen molar-refractivity contribution in [2.75, 3.05) is 13.7 Å². The molecule has 0 saturated carbocycles. The third-order valence-electron chi connectivity index (χ3n) is 3.87. The molecule has 2 rings (SSSR count). The Morgan fingerprint density at radius 2 is 1.73 bits per heavy atom. The Labute approximate surface area is 174 Å². The van der Waals surface area contributed by atoms with Gasteiger partial charge in [0.25, 0.3) is 5.91 Å². The Bertz CT molecular complexity index is 1010. The highest BCUT2D eigenvalue weighted by molar-refractivity contribution is 7.89. The molecule has 10 heteroatoms. The number of carbonyl (C=O) groups excluding carboxylic acids is 1. The largest absolute Gasteiger partial charge is 0.495 e. The van der Waals surface area contributed by atoms with Crippen LogP contribution in [0.1, 0.15) is 31.1 Å². The highest BCUT2D eigenvalue weighted by atomic mass is 32.2. The maximum absolute atomic E-state index is 13.6. The Kier molecular flexibility index (Phi) is 7.74. The molecule has 0 saturated heterocycles. The quantitative estimate of drug-likeness (QED) is 0.623. The standard InChI is InChI=1S/C20H24F2N2O5S/c1-12(2)24-30(26,27)19-9-14(5-7-18(19)28-4)20(25)23-13(3)11-29-17-8-6-15(21)10-16(17)22/h5-10,12-13,24H,11H2,1-4H3,(H,23,25). The second kappa shape index (κ2) is 9.86. The number of benzene rings is 2. The average molecular weight is 442 g/mol. The predicted octanol–water partition coefficient (Wildman–Crippen LogP) is 2.86. The summed E-state index contributed by atoms with van der Waals surface area (Å²) in [6.07, 6.45) is 0. The number of amides is 1. The molecule has 2 aromatic carbocycles. The molecule has 0 aliphatic rings. The summed E-state index contributed by atoms with van der Waals surface area (Å²) in [5.41, 5.74) is 0.0970. The maximum Gasteiger partial charge on any atom is 0.251 e. The van der Waals surface area contributed by atoms with Crippen LogP contribution in [0.15, 0.2) is 41.3 Å². The molecule has 0 aliphatic heterocycles. The van der Waals surface area contributed by atoms with Crippen molar-refractivity contribution in [1.29, 1.82) is 0 Å². The van der Waals surface area contributed by atoms with Gasteiger partial charge in [0.15, 0.2) is 11.6 Å². The minimum Gasteiger partial charge on any atom is -0.495 e. The third-order valence-corrected chi connectivity index (χ3v) is 5.55. The number of sulfonamides is 1. The highest BCUT2D eigenvalue weighted by Crippen LogP contribution is 2.25. The van der Waals surface area contributed by atoms with Gasteiger partial charge in [-0.05, 0) is 51.1 Å². The van der Waals surface area contributed by atoms with Gasteiger partial charge in [0.05, 0.1) is 13.2 Å². The molecule has 0 spiro atoms. The van der Waals surface area contributed by atoms with Gasteiger partial charge in [-0.1, -0.05) is 0 Å². The number of halogens is 2. The lowest BCUT2D eigenvalue weighted by Crippen LogP contribution is -2.37. The first-order chi connectivity index (χ1) is 14.0. The summed E-state index contributed by atoms with van der Waals surface area (Å²) in [7, 11) is -2.56. The van der Waals surface area contributed by atoms with Gasteiger partial charge in [-0.3, -0.25) is 4.79 Å². The molecule has 0 aromatic heterocycles. The normalized spacial score (nSPS) is 12.5. The predicted molar refractivity (Wildman–Crippen MR) is 107 cm³/mol. The Balaban J connectivity index is 2.11. The lowest BCUT2D eigenvalue weighted by molar-refractivity contribution is 0.0926. The summed E-state index contributed by atoms with van der Waals surface area (Å²) in [5.74, 6) is -2.16. The van der Waals surface area contributed by atoms with E-state index in [0.29, 0.717) is 6.07 Å². The monoisotopic (exact) mass is 442 g/mol. The van der Waals surface area contributed by atoms with E-state index in [4.69, 9.17) is 9.47 Å². The molecule has 7 nitrogen and oxygen atoms in total. The van der Waals surface area contributed by atoms with Crippen LogP contribution in [0.25, 0.3) is 0 Å². The molecule has 0 radical (unpaired) electrons. The summed E-state index contributed by atoms with van der Waals surface area (Å²) in [4.78, 5) is 12.4. The molecule has 1 atom stereocenters.